The van der Waals surface area contributed by atoms with Gasteiger partial charge in [0.15, 0.2) is 5.65 Å². The first-order valence-electron chi connectivity index (χ1n) is 10.4. The lowest BCUT2D eigenvalue weighted by molar-refractivity contribution is 0.554. The number of aryl methyl sites for hydroxylation is 4. The molecule has 7 heteroatoms. The standard InChI is InChI=1S/C25H22N4O3/c1-14-7-15(2)9-19(8-14)29-24-21(11-27-29)25(31)28(13-26-24)12-18-10-22(30)32-23-17(4)16(3)5-6-20(18)23/h5-11,13H,12H2,1-4H3. The lowest BCUT2D eigenvalue weighted by atomic mass is 10.0. The van der Waals surface area contributed by atoms with Crippen molar-refractivity contribution in [2.45, 2.75) is 34.2 Å². The molecule has 2 aromatic carbocycles. The molecular weight excluding hydrogens is 404 g/mol. The molecule has 0 aliphatic heterocycles. The van der Waals surface area contributed by atoms with Crippen LogP contribution >= 0.6 is 0 Å². The highest BCUT2D eigenvalue weighted by atomic mass is 16.4. The van der Waals surface area contributed by atoms with E-state index in [1.165, 1.54) is 17.0 Å². The maximum Gasteiger partial charge on any atom is 0.336 e. The van der Waals surface area contributed by atoms with Crippen molar-refractivity contribution in [3.63, 3.8) is 0 Å². The summed E-state index contributed by atoms with van der Waals surface area (Å²) in [5.74, 6) is 0. The molecule has 3 aromatic heterocycles. The van der Waals surface area contributed by atoms with E-state index in [0.29, 0.717) is 22.2 Å². The molecule has 0 N–H and O–H groups in total. The van der Waals surface area contributed by atoms with E-state index >= 15 is 0 Å². The van der Waals surface area contributed by atoms with Gasteiger partial charge in [0.2, 0.25) is 0 Å². The Morgan fingerprint density at radius 1 is 0.938 bits per heavy atom. The van der Waals surface area contributed by atoms with Crippen LogP contribution in [-0.4, -0.2) is 19.3 Å². The van der Waals surface area contributed by atoms with Gasteiger partial charge in [0.25, 0.3) is 5.56 Å². The predicted molar refractivity (Wildman–Crippen MR) is 124 cm³/mol. The predicted octanol–water partition coefficient (Wildman–Crippen LogP) is 3.97. The minimum absolute atomic E-state index is 0.209. The molecule has 0 amide bonds. The first-order valence-corrected chi connectivity index (χ1v) is 10.4. The number of hydrogen-bond acceptors (Lipinski definition) is 5. The van der Waals surface area contributed by atoms with Crippen LogP contribution in [0.15, 0.2) is 62.9 Å². The molecule has 0 saturated heterocycles. The van der Waals surface area contributed by atoms with E-state index in [1.807, 2.05) is 52.0 Å². The highest BCUT2D eigenvalue weighted by Gasteiger charge is 2.15. The van der Waals surface area contributed by atoms with Crippen LogP contribution in [0.25, 0.3) is 27.7 Å². The van der Waals surface area contributed by atoms with Crippen LogP contribution < -0.4 is 11.2 Å². The summed E-state index contributed by atoms with van der Waals surface area (Å²) in [6.07, 6.45) is 3.05. The van der Waals surface area contributed by atoms with Crippen molar-refractivity contribution in [1.82, 2.24) is 19.3 Å². The third-order valence-electron chi connectivity index (χ3n) is 5.86. The number of benzene rings is 2. The first kappa shape index (κ1) is 19.9. The van der Waals surface area contributed by atoms with Gasteiger partial charge < -0.3 is 4.42 Å². The smallest absolute Gasteiger partial charge is 0.336 e. The van der Waals surface area contributed by atoms with Crippen LogP contribution in [0.5, 0.6) is 0 Å². The van der Waals surface area contributed by atoms with Crippen molar-refractivity contribution in [2.24, 2.45) is 0 Å². The fourth-order valence-corrected chi connectivity index (χ4v) is 4.16. The largest absolute Gasteiger partial charge is 0.422 e. The van der Waals surface area contributed by atoms with Crippen molar-refractivity contribution >= 4 is 22.0 Å². The van der Waals surface area contributed by atoms with Gasteiger partial charge in [-0.15, -0.1) is 0 Å². The number of hydrogen-bond donors (Lipinski definition) is 0. The van der Waals surface area contributed by atoms with Gasteiger partial charge in [0.1, 0.15) is 17.3 Å². The zero-order valence-electron chi connectivity index (χ0n) is 18.3. The Morgan fingerprint density at radius 3 is 2.44 bits per heavy atom. The Morgan fingerprint density at radius 2 is 1.69 bits per heavy atom. The summed E-state index contributed by atoms with van der Waals surface area (Å²) in [7, 11) is 0. The summed E-state index contributed by atoms with van der Waals surface area (Å²) in [6, 6.07) is 11.4. The van der Waals surface area contributed by atoms with Gasteiger partial charge in [-0.05, 0) is 67.6 Å². The lowest BCUT2D eigenvalue weighted by Gasteiger charge is -2.11. The van der Waals surface area contributed by atoms with Gasteiger partial charge in [-0.25, -0.2) is 14.5 Å². The summed E-state index contributed by atoms with van der Waals surface area (Å²) >= 11 is 0. The van der Waals surface area contributed by atoms with Crippen molar-refractivity contribution in [3.05, 3.63) is 97.5 Å². The lowest BCUT2D eigenvalue weighted by Crippen LogP contribution is -2.22. The average Bonchev–Trinajstić information content (AvgIpc) is 3.17. The molecule has 0 saturated carbocycles. The first-order chi connectivity index (χ1) is 15.3. The maximum atomic E-state index is 13.2. The highest BCUT2D eigenvalue weighted by molar-refractivity contribution is 5.84. The molecule has 0 aliphatic carbocycles. The van der Waals surface area contributed by atoms with E-state index in [1.54, 1.807) is 10.9 Å². The van der Waals surface area contributed by atoms with E-state index in [0.717, 1.165) is 33.3 Å². The Balaban J connectivity index is 1.63. The minimum Gasteiger partial charge on any atom is -0.422 e. The van der Waals surface area contributed by atoms with Gasteiger partial charge in [-0.1, -0.05) is 18.2 Å². The molecule has 0 spiro atoms. The SMILES string of the molecule is Cc1cc(C)cc(-n2ncc3c(=O)n(Cc4cc(=O)oc5c(C)c(C)ccc45)cnc32)c1. The van der Waals surface area contributed by atoms with Crippen molar-refractivity contribution in [2.75, 3.05) is 0 Å². The molecule has 0 atom stereocenters. The van der Waals surface area contributed by atoms with Crippen LogP contribution in [0.3, 0.4) is 0 Å². The molecule has 5 rings (SSSR count). The van der Waals surface area contributed by atoms with Crippen LogP contribution in [-0.2, 0) is 6.54 Å². The highest BCUT2D eigenvalue weighted by Crippen LogP contribution is 2.24. The molecule has 0 aliphatic rings. The van der Waals surface area contributed by atoms with Gasteiger partial charge in [0, 0.05) is 11.5 Å². The summed E-state index contributed by atoms with van der Waals surface area (Å²) in [4.78, 5) is 29.9. The quantitative estimate of drug-likeness (QED) is 0.408. The molecule has 5 aromatic rings. The Kier molecular flexibility index (Phi) is 4.55. The summed E-state index contributed by atoms with van der Waals surface area (Å²) < 4.78 is 8.63. The number of fused-ring (bicyclic) bond motifs is 2. The van der Waals surface area contributed by atoms with Gasteiger partial charge >= 0.3 is 5.63 Å². The second-order valence-electron chi connectivity index (χ2n) is 8.29. The third kappa shape index (κ3) is 3.22. The number of rotatable bonds is 3. The van der Waals surface area contributed by atoms with Crippen LogP contribution in [0.2, 0.25) is 0 Å². The second-order valence-corrected chi connectivity index (χ2v) is 8.29. The average molecular weight is 426 g/mol. The molecule has 32 heavy (non-hydrogen) atoms. The van der Waals surface area contributed by atoms with E-state index in [4.69, 9.17) is 4.42 Å². The molecule has 0 fully saturated rings. The summed E-state index contributed by atoms with van der Waals surface area (Å²) in [6.45, 7) is 8.14. The molecule has 0 radical (unpaired) electrons. The van der Waals surface area contributed by atoms with Crippen molar-refractivity contribution < 1.29 is 4.42 Å². The molecule has 7 nitrogen and oxygen atoms in total. The van der Waals surface area contributed by atoms with Crippen molar-refractivity contribution in [3.8, 4) is 5.69 Å². The maximum absolute atomic E-state index is 13.2. The Bertz CT molecular complexity index is 1620. The fraction of sp³-hybridized carbons (Fsp3) is 0.200. The normalized spacial score (nSPS) is 11.5. The van der Waals surface area contributed by atoms with Crippen LogP contribution in [0, 0.1) is 27.7 Å². The van der Waals surface area contributed by atoms with E-state index in [-0.39, 0.29) is 12.1 Å². The monoisotopic (exact) mass is 426 g/mol. The zero-order chi connectivity index (χ0) is 22.6. The zero-order valence-corrected chi connectivity index (χ0v) is 18.3. The van der Waals surface area contributed by atoms with E-state index < -0.39 is 5.63 Å². The van der Waals surface area contributed by atoms with Crippen LogP contribution in [0.4, 0.5) is 0 Å². The number of aromatic nitrogens is 4. The third-order valence-corrected chi connectivity index (χ3v) is 5.86. The Hall–Kier alpha value is -4.00. The molecule has 0 bridgehead atoms. The summed E-state index contributed by atoms with van der Waals surface area (Å²) in [5, 5.41) is 5.65. The Labute approximate surface area is 183 Å². The number of nitrogens with zero attached hydrogens (tertiary/aromatic N) is 4. The molecule has 0 unspecified atom stereocenters. The van der Waals surface area contributed by atoms with Gasteiger partial charge in [0.05, 0.1) is 18.4 Å². The fourth-order valence-electron chi connectivity index (χ4n) is 4.16. The van der Waals surface area contributed by atoms with Crippen LogP contribution in [0.1, 0.15) is 27.8 Å². The van der Waals surface area contributed by atoms with Crippen molar-refractivity contribution in [1.29, 1.82) is 0 Å². The van der Waals surface area contributed by atoms with E-state index in [2.05, 4.69) is 16.1 Å². The molecule has 160 valence electrons. The van der Waals surface area contributed by atoms with Gasteiger partial charge in [-0.2, -0.15) is 5.10 Å². The van der Waals surface area contributed by atoms with E-state index in [9.17, 15) is 9.59 Å². The summed E-state index contributed by atoms with van der Waals surface area (Å²) in [5.41, 5.74) is 6.15. The van der Waals surface area contributed by atoms with Gasteiger partial charge in [-0.3, -0.25) is 9.36 Å². The molecule has 3 heterocycles. The topological polar surface area (TPSA) is 82.9 Å². The molecular formula is C25H22N4O3. The second kappa shape index (κ2) is 7.30. The minimum atomic E-state index is -0.439.